The standard InChI is InChI=1S/C7H5Br2FO/c1-3-4(8)2-5(9)7(11)6(3)10/h2,11H,1H3. The Balaban J connectivity index is 3.46. The second kappa shape index (κ2) is 3.11. The zero-order valence-electron chi connectivity index (χ0n) is 5.66. The highest BCUT2D eigenvalue weighted by Gasteiger charge is 2.10. The first-order chi connectivity index (χ1) is 5.04. The van der Waals surface area contributed by atoms with Crippen LogP contribution in [0.2, 0.25) is 0 Å². The van der Waals surface area contributed by atoms with Gasteiger partial charge in [0.25, 0.3) is 0 Å². The lowest BCUT2D eigenvalue weighted by Crippen LogP contribution is -1.85. The van der Waals surface area contributed by atoms with Crippen LogP contribution in [-0.4, -0.2) is 5.11 Å². The zero-order valence-corrected chi connectivity index (χ0v) is 8.83. The van der Waals surface area contributed by atoms with Crippen molar-refractivity contribution >= 4 is 31.9 Å². The summed E-state index contributed by atoms with van der Waals surface area (Å²) in [5, 5.41) is 9.07. The topological polar surface area (TPSA) is 20.2 Å². The Morgan fingerprint density at radius 1 is 1.36 bits per heavy atom. The quantitative estimate of drug-likeness (QED) is 0.774. The fourth-order valence-corrected chi connectivity index (χ4v) is 1.79. The molecule has 0 saturated carbocycles. The molecule has 0 saturated heterocycles. The molecule has 1 nitrogen and oxygen atoms in total. The highest BCUT2D eigenvalue weighted by atomic mass is 79.9. The molecule has 0 heterocycles. The fraction of sp³-hybridized carbons (Fsp3) is 0.143. The lowest BCUT2D eigenvalue weighted by molar-refractivity contribution is 0.426. The largest absolute Gasteiger partial charge is 0.504 e. The molecule has 0 atom stereocenters. The molecule has 0 aliphatic heterocycles. The molecule has 1 N–H and O–H groups in total. The molecule has 4 heteroatoms. The molecule has 1 rings (SSSR count). The summed E-state index contributed by atoms with van der Waals surface area (Å²) in [5.74, 6) is -0.933. The van der Waals surface area contributed by atoms with Gasteiger partial charge in [-0.05, 0) is 28.9 Å². The minimum Gasteiger partial charge on any atom is -0.504 e. The highest BCUT2D eigenvalue weighted by Crippen LogP contribution is 2.33. The van der Waals surface area contributed by atoms with Gasteiger partial charge in [0.05, 0.1) is 4.47 Å². The van der Waals surface area contributed by atoms with E-state index in [1.165, 1.54) is 0 Å². The van der Waals surface area contributed by atoms with Crippen molar-refractivity contribution in [2.45, 2.75) is 6.92 Å². The number of phenolic OH excluding ortho intramolecular Hbond substituents is 1. The van der Waals surface area contributed by atoms with Gasteiger partial charge in [-0.25, -0.2) is 4.39 Å². The molecular weight excluding hydrogens is 279 g/mol. The van der Waals surface area contributed by atoms with Gasteiger partial charge < -0.3 is 5.11 Å². The van der Waals surface area contributed by atoms with Crippen molar-refractivity contribution in [1.29, 1.82) is 0 Å². The number of halogens is 3. The first-order valence-electron chi connectivity index (χ1n) is 2.87. The van der Waals surface area contributed by atoms with Crippen LogP contribution < -0.4 is 0 Å². The van der Waals surface area contributed by atoms with Gasteiger partial charge in [-0.3, -0.25) is 0 Å². The molecule has 0 unspecified atom stereocenters. The third kappa shape index (κ3) is 1.56. The molecule has 1 aromatic carbocycles. The second-order valence-electron chi connectivity index (χ2n) is 2.13. The van der Waals surface area contributed by atoms with Crippen molar-refractivity contribution < 1.29 is 9.50 Å². The zero-order chi connectivity index (χ0) is 8.59. The first-order valence-corrected chi connectivity index (χ1v) is 4.45. The summed E-state index contributed by atoms with van der Waals surface area (Å²) >= 11 is 6.16. The number of phenols is 1. The maximum atomic E-state index is 12.9. The Morgan fingerprint density at radius 2 is 1.91 bits per heavy atom. The molecule has 1 aromatic rings. The number of aromatic hydroxyl groups is 1. The van der Waals surface area contributed by atoms with Gasteiger partial charge in [-0.2, -0.15) is 0 Å². The van der Waals surface area contributed by atoms with E-state index in [0.717, 1.165) is 0 Å². The molecule has 60 valence electrons. The van der Waals surface area contributed by atoms with Crippen molar-refractivity contribution in [3.05, 3.63) is 26.4 Å². The van der Waals surface area contributed by atoms with E-state index in [1.54, 1.807) is 13.0 Å². The summed E-state index contributed by atoms with van der Waals surface area (Å²) in [6, 6.07) is 1.60. The monoisotopic (exact) mass is 282 g/mol. The van der Waals surface area contributed by atoms with Gasteiger partial charge in [0.1, 0.15) is 0 Å². The van der Waals surface area contributed by atoms with Crippen LogP contribution in [0.3, 0.4) is 0 Å². The van der Waals surface area contributed by atoms with Crippen molar-refractivity contribution in [3.63, 3.8) is 0 Å². The third-order valence-corrected chi connectivity index (χ3v) is 2.80. The van der Waals surface area contributed by atoms with Crippen molar-refractivity contribution in [3.8, 4) is 5.75 Å². The molecule has 0 amide bonds. The minimum absolute atomic E-state index is 0.342. The Morgan fingerprint density at radius 3 is 2.45 bits per heavy atom. The minimum atomic E-state index is -0.591. The summed E-state index contributed by atoms with van der Waals surface area (Å²) in [5.41, 5.74) is 0.408. The van der Waals surface area contributed by atoms with Crippen LogP contribution in [0.4, 0.5) is 4.39 Å². The number of hydrogen-bond donors (Lipinski definition) is 1. The van der Waals surface area contributed by atoms with Crippen LogP contribution in [0.25, 0.3) is 0 Å². The van der Waals surface area contributed by atoms with Crippen LogP contribution in [-0.2, 0) is 0 Å². The summed E-state index contributed by atoms with van der Waals surface area (Å²) in [6.45, 7) is 1.59. The Labute approximate surface area is 80.5 Å². The van der Waals surface area contributed by atoms with Crippen molar-refractivity contribution in [2.24, 2.45) is 0 Å². The normalized spacial score (nSPS) is 10.2. The second-order valence-corrected chi connectivity index (χ2v) is 3.84. The fourth-order valence-electron chi connectivity index (χ4n) is 0.675. The third-order valence-electron chi connectivity index (χ3n) is 1.38. The van der Waals surface area contributed by atoms with Crippen LogP contribution in [0.1, 0.15) is 5.56 Å². The van der Waals surface area contributed by atoms with Gasteiger partial charge >= 0.3 is 0 Å². The van der Waals surface area contributed by atoms with E-state index in [2.05, 4.69) is 31.9 Å². The van der Waals surface area contributed by atoms with E-state index in [-0.39, 0.29) is 5.75 Å². The lowest BCUT2D eigenvalue weighted by atomic mass is 10.2. The molecule has 0 aliphatic rings. The smallest absolute Gasteiger partial charge is 0.170 e. The van der Waals surface area contributed by atoms with E-state index in [1.807, 2.05) is 0 Å². The maximum Gasteiger partial charge on any atom is 0.170 e. The van der Waals surface area contributed by atoms with E-state index in [9.17, 15) is 4.39 Å². The summed E-state index contributed by atoms with van der Waals surface area (Å²) in [4.78, 5) is 0. The predicted octanol–water partition coefficient (Wildman–Crippen LogP) is 3.36. The highest BCUT2D eigenvalue weighted by molar-refractivity contribution is 9.11. The van der Waals surface area contributed by atoms with Crippen LogP contribution >= 0.6 is 31.9 Å². The lowest BCUT2D eigenvalue weighted by Gasteiger charge is -2.03. The number of rotatable bonds is 0. The molecule has 0 bridgehead atoms. The van der Waals surface area contributed by atoms with Crippen LogP contribution in [0.5, 0.6) is 5.75 Å². The van der Waals surface area contributed by atoms with Gasteiger partial charge in [0.2, 0.25) is 0 Å². The average molecular weight is 284 g/mol. The molecule has 11 heavy (non-hydrogen) atoms. The van der Waals surface area contributed by atoms with Gasteiger partial charge in [0, 0.05) is 10.0 Å². The SMILES string of the molecule is Cc1c(Br)cc(Br)c(O)c1F. The van der Waals surface area contributed by atoms with Crippen LogP contribution in [0.15, 0.2) is 15.0 Å². The Hall–Kier alpha value is -0.0900. The predicted molar refractivity (Wildman–Crippen MR) is 48.2 cm³/mol. The average Bonchev–Trinajstić information content (AvgIpc) is 1.97. The Bertz CT molecular complexity index is 273. The van der Waals surface area contributed by atoms with Crippen molar-refractivity contribution in [1.82, 2.24) is 0 Å². The van der Waals surface area contributed by atoms with Gasteiger partial charge in [-0.15, -0.1) is 0 Å². The number of benzene rings is 1. The van der Waals surface area contributed by atoms with Crippen molar-refractivity contribution in [2.75, 3.05) is 0 Å². The molecule has 0 spiro atoms. The van der Waals surface area contributed by atoms with Gasteiger partial charge in [-0.1, -0.05) is 15.9 Å². The Kier molecular flexibility index (Phi) is 2.54. The van der Waals surface area contributed by atoms with E-state index >= 15 is 0 Å². The van der Waals surface area contributed by atoms with Gasteiger partial charge in [0.15, 0.2) is 11.6 Å². The first kappa shape index (κ1) is 9.00. The summed E-state index contributed by atoms with van der Waals surface area (Å²) < 4.78 is 13.9. The molecule has 0 aromatic heterocycles. The number of hydrogen-bond acceptors (Lipinski definition) is 1. The maximum absolute atomic E-state index is 12.9. The van der Waals surface area contributed by atoms with E-state index in [4.69, 9.17) is 5.11 Å². The molecule has 0 aliphatic carbocycles. The summed E-state index contributed by atoms with van der Waals surface area (Å²) in [7, 11) is 0. The van der Waals surface area contributed by atoms with Crippen LogP contribution in [0, 0.1) is 12.7 Å². The summed E-state index contributed by atoms with van der Waals surface area (Å²) in [6.07, 6.45) is 0. The van der Waals surface area contributed by atoms with E-state index < -0.39 is 5.82 Å². The van der Waals surface area contributed by atoms with E-state index in [0.29, 0.717) is 14.5 Å². The molecule has 0 fully saturated rings. The molecular formula is C7H5Br2FO. The molecule has 0 radical (unpaired) electrons.